The minimum atomic E-state index is -0.848. The Morgan fingerprint density at radius 2 is 2.17 bits per heavy atom. The minimum Gasteiger partial charge on any atom is -0.481 e. The number of urea groups is 1. The van der Waals surface area contributed by atoms with Crippen LogP contribution in [-0.2, 0) is 9.53 Å². The van der Waals surface area contributed by atoms with Crippen LogP contribution in [0.1, 0.15) is 39.0 Å². The Labute approximate surface area is 107 Å². The SMILES string of the molecule is COC1CCCC1NC(=O)NC(C)CCC(=O)O. The largest absolute Gasteiger partial charge is 0.481 e. The van der Waals surface area contributed by atoms with Crippen LogP contribution in [0.15, 0.2) is 0 Å². The second-order valence-electron chi connectivity index (χ2n) is 4.76. The van der Waals surface area contributed by atoms with Crippen molar-refractivity contribution in [1.29, 1.82) is 0 Å². The predicted molar refractivity (Wildman–Crippen MR) is 66.4 cm³/mol. The van der Waals surface area contributed by atoms with E-state index in [0.717, 1.165) is 19.3 Å². The number of aliphatic carboxylic acids is 1. The number of nitrogens with one attached hydrogen (secondary N) is 2. The highest BCUT2D eigenvalue weighted by Crippen LogP contribution is 2.21. The second kappa shape index (κ2) is 7.20. The van der Waals surface area contributed by atoms with Gasteiger partial charge in [-0.05, 0) is 32.6 Å². The molecular formula is C12H22N2O4. The van der Waals surface area contributed by atoms with Gasteiger partial charge >= 0.3 is 12.0 Å². The Kier molecular flexibility index (Phi) is 5.91. The van der Waals surface area contributed by atoms with Crippen molar-refractivity contribution in [2.45, 2.75) is 57.2 Å². The quantitative estimate of drug-likeness (QED) is 0.666. The van der Waals surface area contributed by atoms with E-state index in [0.29, 0.717) is 6.42 Å². The Balaban J connectivity index is 2.26. The Hall–Kier alpha value is -1.30. The maximum absolute atomic E-state index is 11.7. The molecule has 6 nitrogen and oxygen atoms in total. The summed E-state index contributed by atoms with van der Waals surface area (Å²) in [4.78, 5) is 22.1. The lowest BCUT2D eigenvalue weighted by Gasteiger charge is -2.21. The molecular weight excluding hydrogens is 236 g/mol. The first-order valence-electron chi connectivity index (χ1n) is 6.34. The molecule has 2 amide bonds. The van der Waals surface area contributed by atoms with Gasteiger partial charge in [-0.2, -0.15) is 0 Å². The molecule has 0 aromatic carbocycles. The average Bonchev–Trinajstić information content (AvgIpc) is 2.73. The first-order valence-corrected chi connectivity index (χ1v) is 6.34. The van der Waals surface area contributed by atoms with Gasteiger partial charge in [0.2, 0.25) is 0 Å². The van der Waals surface area contributed by atoms with E-state index in [1.807, 2.05) is 0 Å². The summed E-state index contributed by atoms with van der Waals surface area (Å²) in [6.45, 7) is 1.80. The third-order valence-electron chi connectivity index (χ3n) is 3.24. The van der Waals surface area contributed by atoms with Crippen LogP contribution < -0.4 is 10.6 Å². The number of carboxylic acids is 1. The number of amides is 2. The van der Waals surface area contributed by atoms with Gasteiger partial charge in [-0.15, -0.1) is 0 Å². The highest BCUT2D eigenvalue weighted by molar-refractivity contribution is 5.74. The monoisotopic (exact) mass is 258 g/mol. The van der Waals surface area contributed by atoms with Crippen LogP contribution in [-0.4, -0.2) is 42.4 Å². The molecule has 0 bridgehead atoms. The van der Waals surface area contributed by atoms with Crippen molar-refractivity contribution in [3.05, 3.63) is 0 Å². The lowest BCUT2D eigenvalue weighted by atomic mass is 10.2. The maximum Gasteiger partial charge on any atom is 0.315 e. The number of carboxylic acid groups (broad SMARTS) is 1. The molecule has 104 valence electrons. The molecule has 0 saturated heterocycles. The van der Waals surface area contributed by atoms with Crippen LogP contribution in [0.25, 0.3) is 0 Å². The number of rotatable bonds is 6. The molecule has 18 heavy (non-hydrogen) atoms. The molecule has 0 aliphatic heterocycles. The summed E-state index contributed by atoms with van der Waals surface area (Å²) in [5.41, 5.74) is 0. The first-order chi connectivity index (χ1) is 8.52. The molecule has 0 spiro atoms. The molecule has 1 fully saturated rings. The molecule has 1 aliphatic rings. The van der Waals surface area contributed by atoms with Crippen LogP contribution in [0.2, 0.25) is 0 Å². The van der Waals surface area contributed by atoms with Gasteiger partial charge in [-0.3, -0.25) is 4.79 Å². The topological polar surface area (TPSA) is 87.7 Å². The van der Waals surface area contributed by atoms with E-state index in [1.54, 1.807) is 14.0 Å². The third kappa shape index (κ3) is 4.91. The smallest absolute Gasteiger partial charge is 0.315 e. The van der Waals surface area contributed by atoms with Crippen molar-refractivity contribution < 1.29 is 19.4 Å². The zero-order valence-corrected chi connectivity index (χ0v) is 10.9. The van der Waals surface area contributed by atoms with Gasteiger partial charge in [0.25, 0.3) is 0 Å². The fourth-order valence-corrected chi connectivity index (χ4v) is 2.22. The number of hydrogen-bond donors (Lipinski definition) is 3. The van der Waals surface area contributed by atoms with Crippen LogP contribution in [0, 0.1) is 0 Å². The number of ether oxygens (including phenoxy) is 1. The lowest BCUT2D eigenvalue weighted by Crippen LogP contribution is -2.48. The van der Waals surface area contributed by atoms with Gasteiger partial charge in [0.05, 0.1) is 12.1 Å². The van der Waals surface area contributed by atoms with Crippen molar-refractivity contribution >= 4 is 12.0 Å². The average molecular weight is 258 g/mol. The molecule has 1 aliphatic carbocycles. The van der Waals surface area contributed by atoms with E-state index in [1.165, 1.54) is 0 Å². The zero-order chi connectivity index (χ0) is 13.5. The molecule has 3 atom stereocenters. The molecule has 1 rings (SSSR count). The van der Waals surface area contributed by atoms with Crippen molar-refractivity contribution in [2.24, 2.45) is 0 Å². The van der Waals surface area contributed by atoms with Gasteiger partial charge in [0.15, 0.2) is 0 Å². The Morgan fingerprint density at radius 1 is 1.44 bits per heavy atom. The summed E-state index contributed by atoms with van der Waals surface area (Å²) in [5, 5.41) is 14.2. The second-order valence-corrected chi connectivity index (χ2v) is 4.76. The van der Waals surface area contributed by atoms with E-state index in [2.05, 4.69) is 10.6 Å². The van der Waals surface area contributed by atoms with Gasteiger partial charge < -0.3 is 20.5 Å². The van der Waals surface area contributed by atoms with E-state index in [-0.39, 0.29) is 30.6 Å². The highest BCUT2D eigenvalue weighted by atomic mass is 16.5. The molecule has 0 aromatic heterocycles. The molecule has 0 heterocycles. The van der Waals surface area contributed by atoms with Crippen molar-refractivity contribution in [3.63, 3.8) is 0 Å². The molecule has 1 saturated carbocycles. The van der Waals surface area contributed by atoms with Crippen LogP contribution >= 0.6 is 0 Å². The fraction of sp³-hybridized carbons (Fsp3) is 0.833. The normalized spacial score (nSPS) is 24.6. The van der Waals surface area contributed by atoms with Crippen molar-refractivity contribution in [1.82, 2.24) is 10.6 Å². The van der Waals surface area contributed by atoms with Gasteiger partial charge in [0, 0.05) is 19.6 Å². The van der Waals surface area contributed by atoms with E-state index >= 15 is 0 Å². The van der Waals surface area contributed by atoms with Gasteiger partial charge in [0.1, 0.15) is 0 Å². The number of carbonyl (C=O) groups excluding carboxylic acids is 1. The van der Waals surface area contributed by atoms with Crippen LogP contribution in [0.3, 0.4) is 0 Å². The first kappa shape index (κ1) is 14.8. The summed E-state index contributed by atoms with van der Waals surface area (Å²) in [5.74, 6) is -0.848. The van der Waals surface area contributed by atoms with E-state index < -0.39 is 5.97 Å². The summed E-state index contributed by atoms with van der Waals surface area (Å²) >= 11 is 0. The molecule has 3 N–H and O–H groups in total. The van der Waals surface area contributed by atoms with Crippen LogP contribution in [0.5, 0.6) is 0 Å². The van der Waals surface area contributed by atoms with E-state index in [9.17, 15) is 9.59 Å². The van der Waals surface area contributed by atoms with Crippen molar-refractivity contribution in [2.75, 3.05) is 7.11 Å². The zero-order valence-electron chi connectivity index (χ0n) is 10.9. The van der Waals surface area contributed by atoms with Gasteiger partial charge in [-0.25, -0.2) is 4.79 Å². The molecule has 0 radical (unpaired) electrons. The number of hydrogen-bond acceptors (Lipinski definition) is 3. The highest BCUT2D eigenvalue weighted by Gasteiger charge is 2.28. The Bertz CT molecular complexity index is 296. The lowest BCUT2D eigenvalue weighted by molar-refractivity contribution is -0.137. The maximum atomic E-state index is 11.7. The summed E-state index contributed by atoms with van der Waals surface area (Å²) < 4.78 is 5.29. The summed E-state index contributed by atoms with van der Waals surface area (Å²) in [6, 6.07) is -0.341. The van der Waals surface area contributed by atoms with Gasteiger partial charge in [-0.1, -0.05) is 0 Å². The molecule has 3 unspecified atom stereocenters. The minimum absolute atomic E-state index is 0.0571. The summed E-state index contributed by atoms with van der Waals surface area (Å²) in [7, 11) is 1.65. The summed E-state index contributed by atoms with van der Waals surface area (Å²) in [6.07, 6.45) is 3.53. The van der Waals surface area contributed by atoms with E-state index in [4.69, 9.17) is 9.84 Å². The number of carbonyl (C=O) groups is 2. The third-order valence-corrected chi connectivity index (χ3v) is 3.24. The van der Waals surface area contributed by atoms with Crippen LogP contribution in [0.4, 0.5) is 4.79 Å². The number of methoxy groups -OCH3 is 1. The Morgan fingerprint density at radius 3 is 2.78 bits per heavy atom. The standard InChI is InChI=1S/C12H22N2O4/c1-8(6-7-11(15)16)13-12(17)14-9-4-3-5-10(9)18-2/h8-10H,3-7H2,1-2H3,(H,15,16)(H2,13,14,17). The molecule has 0 aromatic rings. The molecule has 6 heteroatoms. The van der Waals surface area contributed by atoms with Crippen molar-refractivity contribution in [3.8, 4) is 0 Å². The fourth-order valence-electron chi connectivity index (χ4n) is 2.22. The predicted octanol–water partition coefficient (Wildman–Crippen LogP) is 1.11.